The summed E-state index contributed by atoms with van der Waals surface area (Å²) in [6.45, 7) is 2.99. The lowest BCUT2D eigenvalue weighted by molar-refractivity contribution is -0.125. The molecule has 2 aromatic carbocycles. The second kappa shape index (κ2) is 8.99. The standard InChI is InChI=1S/C20H23ClN4O2/c21-16-8-4-5-9-17(16)23-18(26)14-24-10-12-25(13-11-24)19(20(22)27)15-6-2-1-3-7-15/h1-9,19H,10-14H2,(H2,22,27)(H,23,26). The molecule has 27 heavy (non-hydrogen) atoms. The van der Waals surface area contributed by atoms with Crippen LogP contribution in [-0.2, 0) is 9.59 Å². The number of anilines is 1. The smallest absolute Gasteiger partial charge is 0.239 e. The molecule has 3 rings (SSSR count). The summed E-state index contributed by atoms with van der Waals surface area (Å²) in [5, 5.41) is 3.35. The third kappa shape index (κ3) is 5.07. The molecule has 1 atom stereocenters. The highest BCUT2D eigenvalue weighted by atomic mass is 35.5. The molecular weight excluding hydrogens is 364 g/mol. The van der Waals surface area contributed by atoms with Gasteiger partial charge in [0.25, 0.3) is 0 Å². The van der Waals surface area contributed by atoms with Crippen LogP contribution in [0.2, 0.25) is 5.02 Å². The molecule has 6 nitrogen and oxygen atoms in total. The number of carbonyl (C=O) groups excluding carboxylic acids is 2. The van der Waals surface area contributed by atoms with Crippen molar-refractivity contribution in [1.82, 2.24) is 9.80 Å². The monoisotopic (exact) mass is 386 g/mol. The van der Waals surface area contributed by atoms with Gasteiger partial charge in [0.1, 0.15) is 6.04 Å². The Morgan fingerprint density at radius 2 is 1.63 bits per heavy atom. The molecule has 0 radical (unpaired) electrons. The number of nitrogens with one attached hydrogen (secondary N) is 1. The predicted octanol–water partition coefficient (Wildman–Crippen LogP) is 2.12. The first-order valence-electron chi connectivity index (χ1n) is 8.89. The minimum Gasteiger partial charge on any atom is -0.368 e. The molecule has 0 spiro atoms. The van der Waals surface area contributed by atoms with E-state index in [-0.39, 0.29) is 18.4 Å². The molecule has 1 unspecified atom stereocenters. The predicted molar refractivity (Wildman–Crippen MR) is 106 cm³/mol. The number of para-hydroxylation sites is 1. The third-order valence-electron chi connectivity index (χ3n) is 4.67. The van der Waals surface area contributed by atoms with Crippen LogP contribution in [0.25, 0.3) is 0 Å². The summed E-state index contributed by atoms with van der Waals surface area (Å²) >= 11 is 6.07. The molecule has 1 heterocycles. The molecule has 142 valence electrons. The topological polar surface area (TPSA) is 78.7 Å². The number of nitrogens with two attached hydrogens (primary N) is 1. The lowest BCUT2D eigenvalue weighted by atomic mass is 10.0. The number of rotatable bonds is 6. The molecule has 1 aliphatic rings. The van der Waals surface area contributed by atoms with Gasteiger partial charge in [-0.3, -0.25) is 19.4 Å². The number of halogens is 1. The van der Waals surface area contributed by atoms with Crippen LogP contribution in [0.4, 0.5) is 5.69 Å². The summed E-state index contributed by atoms with van der Waals surface area (Å²) in [6, 6.07) is 16.3. The second-order valence-corrected chi connectivity index (χ2v) is 6.96. The van der Waals surface area contributed by atoms with E-state index in [1.165, 1.54) is 0 Å². The van der Waals surface area contributed by atoms with Gasteiger partial charge in [-0.25, -0.2) is 0 Å². The summed E-state index contributed by atoms with van der Waals surface area (Å²) in [4.78, 5) is 28.4. The third-order valence-corrected chi connectivity index (χ3v) is 5.00. The lowest BCUT2D eigenvalue weighted by Gasteiger charge is -2.38. The fraction of sp³-hybridized carbons (Fsp3) is 0.300. The van der Waals surface area contributed by atoms with Crippen molar-refractivity contribution in [1.29, 1.82) is 0 Å². The zero-order valence-electron chi connectivity index (χ0n) is 15.0. The SMILES string of the molecule is NC(=O)C(c1ccccc1)N1CCN(CC(=O)Nc2ccccc2Cl)CC1. The van der Waals surface area contributed by atoms with Gasteiger partial charge in [0.15, 0.2) is 0 Å². The van der Waals surface area contributed by atoms with Crippen LogP contribution in [0.15, 0.2) is 54.6 Å². The molecule has 0 aromatic heterocycles. The van der Waals surface area contributed by atoms with E-state index in [1.807, 2.05) is 42.5 Å². The van der Waals surface area contributed by atoms with Gasteiger partial charge in [0.05, 0.1) is 17.3 Å². The van der Waals surface area contributed by atoms with E-state index in [4.69, 9.17) is 17.3 Å². The highest BCUT2D eigenvalue weighted by Gasteiger charge is 2.29. The van der Waals surface area contributed by atoms with Gasteiger partial charge in [-0.1, -0.05) is 54.1 Å². The molecule has 0 aliphatic carbocycles. The van der Waals surface area contributed by atoms with E-state index >= 15 is 0 Å². The summed E-state index contributed by atoms with van der Waals surface area (Å²) in [6.07, 6.45) is 0. The van der Waals surface area contributed by atoms with Gasteiger partial charge in [-0.05, 0) is 17.7 Å². The molecule has 2 amide bonds. The van der Waals surface area contributed by atoms with Crippen molar-refractivity contribution in [3.8, 4) is 0 Å². The van der Waals surface area contributed by atoms with E-state index in [1.54, 1.807) is 12.1 Å². The van der Waals surface area contributed by atoms with Crippen LogP contribution in [0, 0.1) is 0 Å². The second-order valence-electron chi connectivity index (χ2n) is 6.56. The summed E-state index contributed by atoms with van der Waals surface area (Å²) in [7, 11) is 0. The minimum atomic E-state index is -0.440. The van der Waals surface area contributed by atoms with Crippen LogP contribution in [-0.4, -0.2) is 54.3 Å². The molecule has 1 fully saturated rings. The quantitative estimate of drug-likeness (QED) is 0.797. The first-order valence-corrected chi connectivity index (χ1v) is 9.27. The van der Waals surface area contributed by atoms with Crippen molar-refractivity contribution in [2.45, 2.75) is 6.04 Å². The maximum absolute atomic E-state index is 12.3. The molecule has 2 aromatic rings. The number of amides is 2. The Labute approximate surface area is 163 Å². The normalized spacial score (nSPS) is 16.6. The molecule has 0 saturated carbocycles. The Balaban J connectivity index is 1.54. The van der Waals surface area contributed by atoms with Gasteiger partial charge in [-0.2, -0.15) is 0 Å². The first-order chi connectivity index (χ1) is 13.0. The Kier molecular flexibility index (Phi) is 6.45. The molecule has 1 aliphatic heterocycles. The van der Waals surface area contributed by atoms with Gasteiger partial charge >= 0.3 is 0 Å². The van der Waals surface area contributed by atoms with Crippen LogP contribution in [0.5, 0.6) is 0 Å². The number of benzene rings is 2. The van der Waals surface area contributed by atoms with Gasteiger partial charge in [0, 0.05) is 26.2 Å². The van der Waals surface area contributed by atoms with Crippen LogP contribution < -0.4 is 11.1 Å². The van der Waals surface area contributed by atoms with Crippen molar-refractivity contribution in [2.75, 3.05) is 38.0 Å². The van der Waals surface area contributed by atoms with Crippen molar-refractivity contribution in [3.05, 3.63) is 65.2 Å². The number of carbonyl (C=O) groups is 2. The number of hydrogen-bond donors (Lipinski definition) is 2. The van der Waals surface area contributed by atoms with E-state index in [9.17, 15) is 9.59 Å². The van der Waals surface area contributed by atoms with E-state index < -0.39 is 6.04 Å². The van der Waals surface area contributed by atoms with Crippen molar-refractivity contribution >= 4 is 29.1 Å². The summed E-state index contributed by atoms with van der Waals surface area (Å²) < 4.78 is 0. The van der Waals surface area contributed by atoms with Gasteiger partial charge < -0.3 is 11.1 Å². The molecule has 3 N–H and O–H groups in total. The number of piperazine rings is 1. The first kappa shape index (κ1) is 19.4. The van der Waals surface area contributed by atoms with Gasteiger partial charge in [-0.15, -0.1) is 0 Å². The average Bonchev–Trinajstić information content (AvgIpc) is 2.66. The van der Waals surface area contributed by atoms with Crippen LogP contribution in [0.1, 0.15) is 11.6 Å². The Hall–Kier alpha value is -2.41. The highest BCUT2D eigenvalue weighted by molar-refractivity contribution is 6.33. The molecule has 7 heteroatoms. The Bertz CT molecular complexity index is 792. The maximum atomic E-state index is 12.3. The van der Waals surface area contributed by atoms with E-state index in [0.717, 1.165) is 5.56 Å². The average molecular weight is 387 g/mol. The summed E-state index contributed by atoms with van der Waals surface area (Å²) in [5.41, 5.74) is 7.15. The van der Waals surface area contributed by atoms with Gasteiger partial charge in [0.2, 0.25) is 11.8 Å². The number of nitrogens with zero attached hydrogens (tertiary/aromatic N) is 2. The zero-order valence-corrected chi connectivity index (χ0v) is 15.7. The number of hydrogen-bond acceptors (Lipinski definition) is 4. The van der Waals surface area contributed by atoms with Crippen LogP contribution >= 0.6 is 11.6 Å². The summed E-state index contributed by atoms with van der Waals surface area (Å²) in [5.74, 6) is -0.461. The zero-order chi connectivity index (χ0) is 19.2. The van der Waals surface area contributed by atoms with E-state index in [0.29, 0.717) is 36.9 Å². The van der Waals surface area contributed by atoms with Crippen molar-refractivity contribution < 1.29 is 9.59 Å². The highest BCUT2D eigenvalue weighted by Crippen LogP contribution is 2.22. The Morgan fingerprint density at radius 3 is 2.26 bits per heavy atom. The minimum absolute atomic E-state index is 0.105. The van der Waals surface area contributed by atoms with E-state index in [2.05, 4.69) is 15.1 Å². The van der Waals surface area contributed by atoms with Crippen LogP contribution in [0.3, 0.4) is 0 Å². The van der Waals surface area contributed by atoms with Crippen molar-refractivity contribution in [2.24, 2.45) is 5.73 Å². The largest absolute Gasteiger partial charge is 0.368 e. The lowest BCUT2D eigenvalue weighted by Crippen LogP contribution is -2.51. The number of primary amides is 1. The molecule has 0 bridgehead atoms. The molecular formula is C20H23ClN4O2. The maximum Gasteiger partial charge on any atom is 0.239 e. The van der Waals surface area contributed by atoms with Crippen molar-refractivity contribution in [3.63, 3.8) is 0 Å². The molecule has 1 saturated heterocycles. The Morgan fingerprint density at radius 1 is 1.00 bits per heavy atom. The fourth-order valence-electron chi connectivity index (χ4n) is 3.33. The fourth-order valence-corrected chi connectivity index (χ4v) is 3.51.